The Morgan fingerprint density at radius 2 is 2.24 bits per heavy atom. The molecule has 90 valence electrons. The summed E-state index contributed by atoms with van der Waals surface area (Å²) >= 11 is 5.74. The van der Waals surface area contributed by atoms with E-state index in [0.717, 1.165) is 5.56 Å². The van der Waals surface area contributed by atoms with E-state index in [1.807, 2.05) is 0 Å². The number of nitrogens with zero attached hydrogens (tertiary/aromatic N) is 2. The third-order valence-electron chi connectivity index (χ3n) is 2.17. The molecule has 6 heteroatoms. The van der Waals surface area contributed by atoms with Crippen molar-refractivity contribution in [1.29, 1.82) is 0 Å². The van der Waals surface area contributed by atoms with Gasteiger partial charge in [-0.2, -0.15) is 4.98 Å². The summed E-state index contributed by atoms with van der Waals surface area (Å²) in [5.74, 6) is 0.251. The Balaban J connectivity index is 1.78. The number of aromatic nitrogens is 2. The first-order valence-corrected chi connectivity index (χ1v) is 5.53. The lowest BCUT2D eigenvalue weighted by molar-refractivity contribution is 0.375. The third kappa shape index (κ3) is 3.80. The maximum Gasteiger partial charge on any atom is 0.227 e. The second-order valence-electron chi connectivity index (χ2n) is 3.54. The summed E-state index contributed by atoms with van der Waals surface area (Å²) in [6.45, 7) is 1.22. The SMILES string of the molecule is Fc1cc(Cl)cc(CNCCc2ncno2)c1. The first-order valence-electron chi connectivity index (χ1n) is 5.15. The van der Waals surface area contributed by atoms with Gasteiger partial charge in [0.25, 0.3) is 0 Å². The van der Waals surface area contributed by atoms with Crippen LogP contribution < -0.4 is 5.32 Å². The fourth-order valence-corrected chi connectivity index (χ4v) is 1.69. The molecule has 0 unspecified atom stereocenters. The topological polar surface area (TPSA) is 51.0 Å². The van der Waals surface area contributed by atoms with Crippen molar-refractivity contribution < 1.29 is 8.91 Å². The molecule has 1 heterocycles. The highest BCUT2D eigenvalue weighted by atomic mass is 35.5. The van der Waals surface area contributed by atoms with Crippen LogP contribution in [0.1, 0.15) is 11.5 Å². The van der Waals surface area contributed by atoms with Gasteiger partial charge in [-0.15, -0.1) is 0 Å². The van der Waals surface area contributed by atoms with Crippen LogP contribution in [-0.4, -0.2) is 16.7 Å². The maximum absolute atomic E-state index is 13.0. The Morgan fingerprint density at radius 3 is 2.94 bits per heavy atom. The molecule has 0 aliphatic rings. The van der Waals surface area contributed by atoms with E-state index in [2.05, 4.69) is 15.5 Å². The highest BCUT2D eigenvalue weighted by molar-refractivity contribution is 6.30. The molecule has 2 rings (SSSR count). The highest BCUT2D eigenvalue weighted by Gasteiger charge is 2.01. The van der Waals surface area contributed by atoms with Gasteiger partial charge in [-0.3, -0.25) is 0 Å². The van der Waals surface area contributed by atoms with Crippen molar-refractivity contribution in [2.75, 3.05) is 6.54 Å². The van der Waals surface area contributed by atoms with Crippen LogP contribution in [-0.2, 0) is 13.0 Å². The summed E-state index contributed by atoms with van der Waals surface area (Å²) < 4.78 is 17.9. The van der Waals surface area contributed by atoms with Gasteiger partial charge in [-0.1, -0.05) is 16.8 Å². The summed E-state index contributed by atoms with van der Waals surface area (Å²) in [7, 11) is 0. The summed E-state index contributed by atoms with van der Waals surface area (Å²) in [6.07, 6.45) is 2.00. The second-order valence-corrected chi connectivity index (χ2v) is 3.98. The van der Waals surface area contributed by atoms with E-state index in [1.165, 1.54) is 18.5 Å². The van der Waals surface area contributed by atoms with Gasteiger partial charge < -0.3 is 9.84 Å². The second kappa shape index (κ2) is 5.75. The average molecular weight is 256 g/mol. The average Bonchev–Trinajstić information content (AvgIpc) is 2.76. The van der Waals surface area contributed by atoms with E-state index >= 15 is 0 Å². The van der Waals surface area contributed by atoms with Gasteiger partial charge in [0.15, 0.2) is 6.33 Å². The largest absolute Gasteiger partial charge is 0.340 e. The molecule has 0 radical (unpaired) electrons. The molecule has 0 spiro atoms. The molecule has 4 nitrogen and oxygen atoms in total. The smallest absolute Gasteiger partial charge is 0.227 e. The molecule has 17 heavy (non-hydrogen) atoms. The van der Waals surface area contributed by atoms with Crippen LogP contribution in [0.5, 0.6) is 0 Å². The fourth-order valence-electron chi connectivity index (χ4n) is 1.45. The van der Waals surface area contributed by atoms with E-state index in [1.54, 1.807) is 6.07 Å². The van der Waals surface area contributed by atoms with E-state index in [4.69, 9.17) is 16.1 Å². The molecular formula is C11H11ClFN3O. The Hall–Kier alpha value is -1.46. The molecular weight excluding hydrogens is 245 g/mol. The standard InChI is InChI=1S/C11H11ClFN3O/c12-9-3-8(4-10(13)5-9)6-14-2-1-11-15-7-16-17-11/h3-5,7,14H,1-2,6H2. The molecule has 0 aliphatic heterocycles. The monoisotopic (exact) mass is 255 g/mol. The molecule has 1 aromatic heterocycles. The third-order valence-corrected chi connectivity index (χ3v) is 2.39. The first kappa shape index (κ1) is 12.0. The summed E-state index contributed by atoms with van der Waals surface area (Å²) in [5.41, 5.74) is 0.806. The lowest BCUT2D eigenvalue weighted by Crippen LogP contribution is -2.16. The van der Waals surface area contributed by atoms with Crippen LogP contribution in [0, 0.1) is 5.82 Å². The van der Waals surface area contributed by atoms with Crippen molar-refractivity contribution in [1.82, 2.24) is 15.5 Å². The molecule has 1 N–H and O–H groups in total. The van der Waals surface area contributed by atoms with Crippen molar-refractivity contribution in [3.05, 3.63) is 46.8 Å². The Bertz CT molecular complexity index is 455. The fraction of sp³-hybridized carbons (Fsp3) is 0.273. The minimum absolute atomic E-state index is 0.328. The zero-order valence-corrected chi connectivity index (χ0v) is 9.75. The summed E-state index contributed by atoms with van der Waals surface area (Å²) in [6, 6.07) is 4.46. The zero-order valence-electron chi connectivity index (χ0n) is 8.99. The van der Waals surface area contributed by atoms with Crippen LogP contribution in [0.3, 0.4) is 0 Å². The molecule has 0 bridgehead atoms. The molecule has 1 aromatic carbocycles. The van der Waals surface area contributed by atoms with Crippen molar-refractivity contribution >= 4 is 11.6 Å². The van der Waals surface area contributed by atoms with Gasteiger partial charge in [-0.25, -0.2) is 4.39 Å². The van der Waals surface area contributed by atoms with Crippen molar-refractivity contribution in [2.45, 2.75) is 13.0 Å². The molecule has 0 atom stereocenters. The first-order chi connectivity index (χ1) is 8.24. The Morgan fingerprint density at radius 1 is 1.35 bits per heavy atom. The number of halogens is 2. The van der Waals surface area contributed by atoms with Crippen molar-refractivity contribution in [3.63, 3.8) is 0 Å². The van der Waals surface area contributed by atoms with Crippen molar-refractivity contribution in [3.8, 4) is 0 Å². The lowest BCUT2D eigenvalue weighted by Gasteiger charge is -2.04. The van der Waals surface area contributed by atoms with Gasteiger partial charge in [0.1, 0.15) is 5.82 Å². The minimum atomic E-state index is -0.328. The quantitative estimate of drug-likeness (QED) is 0.832. The molecule has 0 saturated carbocycles. The Labute approximate surface area is 103 Å². The van der Waals surface area contributed by atoms with Gasteiger partial charge in [-0.05, 0) is 23.8 Å². The van der Waals surface area contributed by atoms with Gasteiger partial charge in [0, 0.05) is 24.5 Å². The van der Waals surface area contributed by atoms with Gasteiger partial charge >= 0.3 is 0 Å². The molecule has 2 aromatic rings. The number of rotatable bonds is 5. The molecule has 0 amide bonds. The molecule has 0 aliphatic carbocycles. The van der Waals surface area contributed by atoms with E-state index in [0.29, 0.717) is 30.4 Å². The van der Waals surface area contributed by atoms with Gasteiger partial charge in [0.2, 0.25) is 5.89 Å². The number of nitrogens with one attached hydrogen (secondary N) is 1. The predicted molar refractivity (Wildman–Crippen MR) is 61.1 cm³/mol. The number of hydrogen-bond acceptors (Lipinski definition) is 4. The predicted octanol–water partition coefficient (Wildman–Crippen LogP) is 2.19. The van der Waals surface area contributed by atoms with Gasteiger partial charge in [0.05, 0.1) is 0 Å². The van der Waals surface area contributed by atoms with Crippen LogP contribution >= 0.6 is 11.6 Å². The van der Waals surface area contributed by atoms with Crippen LogP contribution in [0.15, 0.2) is 29.0 Å². The molecule has 0 fully saturated rings. The highest BCUT2D eigenvalue weighted by Crippen LogP contribution is 2.13. The van der Waals surface area contributed by atoms with Crippen LogP contribution in [0.25, 0.3) is 0 Å². The maximum atomic E-state index is 13.0. The van der Waals surface area contributed by atoms with Crippen LogP contribution in [0.2, 0.25) is 5.02 Å². The van der Waals surface area contributed by atoms with Crippen LogP contribution in [0.4, 0.5) is 4.39 Å². The minimum Gasteiger partial charge on any atom is -0.340 e. The lowest BCUT2D eigenvalue weighted by atomic mass is 10.2. The zero-order chi connectivity index (χ0) is 12.1. The van der Waals surface area contributed by atoms with E-state index in [9.17, 15) is 4.39 Å². The van der Waals surface area contributed by atoms with E-state index < -0.39 is 0 Å². The van der Waals surface area contributed by atoms with Crippen molar-refractivity contribution in [2.24, 2.45) is 0 Å². The molecule has 0 saturated heterocycles. The Kier molecular flexibility index (Phi) is 4.06. The summed E-state index contributed by atoms with van der Waals surface area (Å²) in [4.78, 5) is 3.89. The summed E-state index contributed by atoms with van der Waals surface area (Å²) in [5, 5.41) is 7.04. The number of benzene rings is 1. The van der Waals surface area contributed by atoms with E-state index in [-0.39, 0.29) is 5.82 Å². The number of hydrogen-bond donors (Lipinski definition) is 1. The normalized spacial score (nSPS) is 10.7.